The number of aromatic nitrogens is 1. The third-order valence-corrected chi connectivity index (χ3v) is 6.82. The van der Waals surface area contributed by atoms with Gasteiger partial charge in [-0.1, -0.05) is 12.1 Å². The molecule has 0 radical (unpaired) electrons. The van der Waals surface area contributed by atoms with Crippen LogP contribution in [-0.2, 0) is 16.4 Å². The van der Waals surface area contributed by atoms with E-state index in [9.17, 15) is 13.2 Å². The van der Waals surface area contributed by atoms with Gasteiger partial charge in [0.15, 0.2) is 11.5 Å². The summed E-state index contributed by atoms with van der Waals surface area (Å²) in [4.78, 5) is 18.0. The molecule has 0 aliphatic heterocycles. The molecule has 0 saturated carbocycles. The first kappa shape index (κ1) is 24.5. The number of thiazole rings is 1. The molecule has 1 aromatic heterocycles. The van der Waals surface area contributed by atoms with Crippen molar-refractivity contribution in [2.45, 2.75) is 18.2 Å². The van der Waals surface area contributed by atoms with Crippen molar-refractivity contribution in [2.24, 2.45) is 5.14 Å². The summed E-state index contributed by atoms with van der Waals surface area (Å²) in [5.41, 5.74) is 1.95. The molecule has 0 atom stereocenters. The molecule has 0 saturated heterocycles. The summed E-state index contributed by atoms with van der Waals surface area (Å²) < 4.78 is 38.8. The van der Waals surface area contributed by atoms with E-state index in [4.69, 9.17) is 19.3 Å². The molecular formula is C22H25N3O6S2. The number of sulfonamides is 1. The minimum atomic E-state index is -3.73. The Morgan fingerprint density at radius 3 is 2.18 bits per heavy atom. The maximum atomic E-state index is 12.7. The van der Waals surface area contributed by atoms with E-state index in [1.165, 1.54) is 44.8 Å². The van der Waals surface area contributed by atoms with Gasteiger partial charge in [0.2, 0.25) is 15.8 Å². The Labute approximate surface area is 196 Å². The first-order chi connectivity index (χ1) is 15.7. The second-order valence-electron chi connectivity index (χ2n) is 7.03. The second-order valence-corrected chi connectivity index (χ2v) is 9.80. The number of benzene rings is 2. The van der Waals surface area contributed by atoms with Crippen LogP contribution < -0.4 is 24.7 Å². The third kappa shape index (κ3) is 5.62. The molecular weight excluding hydrogens is 466 g/mol. The predicted octanol–water partition coefficient (Wildman–Crippen LogP) is 2.76. The lowest BCUT2D eigenvalue weighted by atomic mass is 10.1. The van der Waals surface area contributed by atoms with E-state index in [1.54, 1.807) is 24.3 Å². The molecule has 3 rings (SSSR count). The highest BCUT2D eigenvalue weighted by atomic mass is 32.2. The van der Waals surface area contributed by atoms with Crippen LogP contribution in [0.15, 0.2) is 41.3 Å². The lowest BCUT2D eigenvalue weighted by molar-refractivity contribution is 0.0949. The molecule has 0 spiro atoms. The van der Waals surface area contributed by atoms with Gasteiger partial charge in [0.05, 0.1) is 26.2 Å². The van der Waals surface area contributed by atoms with Crippen molar-refractivity contribution >= 4 is 27.3 Å². The first-order valence-electron chi connectivity index (χ1n) is 9.85. The van der Waals surface area contributed by atoms with E-state index < -0.39 is 10.0 Å². The zero-order valence-electron chi connectivity index (χ0n) is 18.7. The number of primary sulfonamides is 1. The summed E-state index contributed by atoms with van der Waals surface area (Å²) in [6.07, 6.45) is 0.527. The number of aryl methyl sites for hydroxylation is 1. The van der Waals surface area contributed by atoms with Gasteiger partial charge in [0.1, 0.15) is 10.7 Å². The number of methoxy groups -OCH3 is 3. The third-order valence-electron chi connectivity index (χ3n) is 4.87. The number of carbonyl (C=O) groups excluding carboxylic acids is 1. The van der Waals surface area contributed by atoms with Crippen LogP contribution in [0.1, 0.15) is 20.9 Å². The van der Waals surface area contributed by atoms with Crippen molar-refractivity contribution < 1.29 is 27.4 Å². The number of nitrogens with zero attached hydrogens (tertiary/aromatic N) is 1. The number of rotatable bonds is 9. The fourth-order valence-corrected chi connectivity index (χ4v) is 4.60. The Morgan fingerprint density at radius 2 is 1.67 bits per heavy atom. The summed E-state index contributed by atoms with van der Waals surface area (Å²) in [5.74, 6) is 1.19. The fourth-order valence-electron chi connectivity index (χ4n) is 3.19. The topological polar surface area (TPSA) is 130 Å². The van der Waals surface area contributed by atoms with Crippen LogP contribution in [0.2, 0.25) is 0 Å². The molecule has 0 aliphatic carbocycles. The molecule has 0 bridgehead atoms. The Hall–Kier alpha value is -3.15. The van der Waals surface area contributed by atoms with Crippen LogP contribution >= 0.6 is 11.3 Å². The van der Waals surface area contributed by atoms with E-state index in [1.807, 2.05) is 6.92 Å². The molecule has 33 heavy (non-hydrogen) atoms. The lowest BCUT2D eigenvalue weighted by Crippen LogP contribution is -2.26. The normalized spacial score (nSPS) is 11.2. The standard InChI is InChI=1S/C22H25N3O6S2/c1-13-19(21(26)24-10-9-14-5-7-16(8-6-14)33(23,27)28)25-22(32-13)15-11-17(29-2)20(31-4)18(12-15)30-3/h5-8,11-12H,9-10H2,1-4H3,(H,24,26)(H2,23,27,28). The molecule has 0 aliphatic rings. The number of nitrogens with two attached hydrogens (primary N) is 1. The number of carbonyl (C=O) groups is 1. The summed E-state index contributed by atoms with van der Waals surface area (Å²) in [5, 5.41) is 8.61. The van der Waals surface area contributed by atoms with Gasteiger partial charge in [-0.15, -0.1) is 11.3 Å². The van der Waals surface area contributed by atoms with Gasteiger partial charge in [0, 0.05) is 17.0 Å². The highest BCUT2D eigenvalue weighted by Gasteiger charge is 2.20. The average Bonchev–Trinajstić information content (AvgIpc) is 3.19. The summed E-state index contributed by atoms with van der Waals surface area (Å²) in [6, 6.07) is 9.80. The minimum Gasteiger partial charge on any atom is -0.493 e. The molecule has 11 heteroatoms. The maximum Gasteiger partial charge on any atom is 0.271 e. The van der Waals surface area contributed by atoms with Gasteiger partial charge < -0.3 is 19.5 Å². The van der Waals surface area contributed by atoms with E-state index >= 15 is 0 Å². The van der Waals surface area contributed by atoms with Crippen molar-refractivity contribution in [2.75, 3.05) is 27.9 Å². The number of hydrogen-bond acceptors (Lipinski definition) is 8. The van der Waals surface area contributed by atoms with Gasteiger partial charge in [-0.25, -0.2) is 18.5 Å². The molecule has 3 N–H and O–H groups in total. The van der Waals surface area contributed by atoms with Crippen molar-refractivity contribution in [3.63, 3.8) is 0 Å². The summed E-state index contributed by atoms with van der Waals surface area (Å²) >= 11 is 1.39. The van der Waals surface area contributed by atoms with Gasteiger partial charge in [-0.05, 0) is 43.2 Å². The molecule has 176 valence electrons. The largest absolute Gasteiger partial charge is 0.493 e. The number of hydrogen-bond donors (Lipinski definition) is 2. The second kappa shape index (κ2) is 10.2. The fraction of sp³-hybridized carbons (Fsp3) is 0.273. The smallest absolute Gasteiger partial charge is 0.271 e. The van der Waals surface area contributed by atoms with Crippen molar-refractivity contribution in [3.8, 4) is 27.8 Å². The Balaban J connectivity index is 1.72. The van der Waals surface area contributed by atoms with Crippen molar-refractivity contribution in [1.82, 2.24) is 10.3 Å². The van der Waals surface area contributed by atoms with Crippen LogP contribution in [0.5, 0.6) is 17.2 Å². The summed E-state index contributed by atoms with van der Waals surface area (Å²) in [7, 11) is 0.879. The molecule has 0 unspecified atom stereocenters. The molecule has 1 heterocycles. The van der Waals surface area contributed by atoms with Gasteiger partial charge >= 0.3 is 0 Å². The van der Waals surface area contributed by atoms with E-state index in [-0.39, 0.29) is 10.8 Å². The average molecular weight is 492 g/mol. The quantitative estimate of drug-likeness (QED) is 0.471. The zero-order chi connectivity index (χ0) is 24.2. The van der Waals surface area contributed by atoms with Gasteiger partial charge in [-0.2, -0.15) is 0 Å². The lowest BCUT2D eigenvalue weighted by Gasteiger charge is -2.13. The van der Waals surface area contributed by atoms with Crippen molar-refractivity contribution in [3.05, 3.63) is 52.5 Å². The monoisotopic (exact) mass is 491 g/mol. The minimum absolute atomic E-state index is 0.0488. The molecule has 2 aromatic carbocycles. The van der Waals surface area contributed by atoms with Gasteiger partial charge in [0.25, 0.3) is 5.91 Å². The van der Waals surface area contributed by atoms with Crippen LogP contribution in [0, 0.1) is 6.92 Å². The molecule has 9 nitrogen and oxygen atoms in total. The van der Waals surface area contributed by atoms with Crippen molar-refractivity contribution in [1.29, 1.82) is 0 Å². The molecule has 1 amide bonds. The SMILES string of the molecule is COc1cc(-c2nc(C(=O)NCCc3ccc(S(N)(=O)=O)cc3)c(C)s2)cc(OC)c1OC. The molecule has 3 aromatic rings. The summed E-state index contributed by atoms with van der Waals surface area (Å²) in [6.45, 7) is 2.20. The van der Waals surface area contributed by atoms with E-state index in [0.717, 1.165) is 16.0 Å². The number of amides is 1. The maximum absolute atomic E-state index is 12.7. The van der Waals surface area contributed by atoms with Crippen LogP contribution in [0.25, 0.3) is 10.6 Å². The highest BCUT2D eigenvalue weighted by Crippen LogP contribution is 2.42. The van der Waals surface area contributed by atoms with E-state index in [2.05, 4.69) is 10.3 Å². The van der Waals surface area contributed by atoms with Crippen LogP contribution in [0.4, 0.5) is 0 Å². The highest BCUT2D eigenvalue weighted by molar-refractivity contribution is 7.89. The Morgan fingerprint density at radius 1 is 1.06 bits per heavy atom. The number of nitrogens with one attached hydrogen (secondary N) is 1. The van der Waals surface area contributed by atoms with E-state index in [0.29, 0.717) is 40.9 Å². The first-order valence-corrected chi connectivity index (χ1v) is 12.2. The van der Waals surface area contributed by atoms with Crippen LogP contribution in [0.3, 0.4) is 0 Å². The van der Waals surface area contributed by atoms with Crippen LogP contribution in [-0.4, -0.2) is 47.2 Å². The Kier molecular flexibility index (Phi) is 7.57. The zero-order valence-corrected chi connectivity index (χ0v) is 20.3. The molecule has 0 fully saturated rings. The van der Waals surface area contributed by atoms with Gasteiger partial charge in [-0.3, -0.25) is 4.79 Å². The predicted molar refractivity (Wildman–Crippen MR) is 126 cm³/mol. The Bertz CT molecular complexity index is 1230. The number of ether oxygens (including phenoxy) is 3.